The Morgan fingerprint density at radius 2 is 2.03 bits per heavy atom. The van der Waals surface area contributed by atoms with Crippen LogP contribution in [-0.2, 0) is 17.8 Å². The van der Waals surface area contributed by atoms with E-state index in [4.69, 9.17) is 21.3 Å². The second-order valence-electron chi connectivity index (χ2n) is 8.21. The molecule has 0 radical (unpaired) electrons. The number of thiazole rings is 1. The quantitative estimate of drug-likeness (QED) is 0.442. The van der Waals surface area contributed by atoms with E-state index in [0.717, 1.165) is 23.4 Å². The molecule has 3 heterocycles. The van der Waals surface area contributed by atoms with Gasteiger partial charge in [0.25, 0.3) is 5.91 Å². The molecular formula is C25H25ClN4O3S. The molecule has 0 atom stereocenters. The van der Waals surface area contributed by atoms with Crippen molar-refractivity contribution in [1.29, 1.82) is 5.26 Å². The molecule has 0 aliphatic carbocycles. The number of hydrogen-bond donors (Lipinski definition) is 0. The highest BCUT2D eigenvalue weighted by Crippen LogP contribution is 2.31. The molecule has 0 saturated carbocycles. The third-order valence-corrected chi connectivity index (χ3v) is 7.32. The van der Waals surface area contributed by atoms with Gasteiger partial charge in [-0.1, -0.05) is 29.8 Å². The van der Waals surface area contributed by atoms with E-state index in [1.807, 2.05) is 23.1 Å². The molecule has 4 rings (SSSR count). The summed E-state index contributed by atoms with van der Waals surface area (Å²) in [7, 11) is 0. The zero-order chi connectivity index (χ0) is 23.9. The number of benzene rings is 1. The van der Waals surface area contributed by atoms with E-state index in [9.17, 15) is 9.59 Å². The van der Waals surface area contributed by atoms with Gasteiger partial charge in [-0.3, -0.25) is 9.59 Å². The molecule has 34 heavy (non-hydrogen) atoms. The highest BCUT2D eigenvalue weighted by Gasteiger charge is 2.27. The van der Waals surface area contributed by atoms with Crippen molar-refractivity contribution in [3.05, 3.63) is 75.1 Å². The van der Waals surface area contributed by atoms with Crippen LogP contribution in [0.15, 0.2) is 52.5 Å². The summed E-state index contributed by atoms with van der Waals surface area (Å²) in [6.07, 6.45) is 3.72. The first kappa shape index (κ1) is 24.0. The molecule has 0 N–H and O–H groups in total. The van der Waals surface area contributed by atoms with Gasteiger partial charge < -0.3 is 14.2 Å². The Bertz CT molecular complexity index is 1160. The maximum absolute atomic E-state index is 13.1. The van der Waals surface area contributed by atoms with Gasteiger partial charge in [0.1, 0.15) is 11.5 Å². The van der Waals surface area contributed by atoms with E-state index in [1.165, 1.54) is 11.3 Å². The summed E-state index contributed by atoms with van der Waals surface area (Å²) >= 11 is 7.68. The zero-order valence-electron chi connectivity index (χ0n) is 18.7. The van der Waals surface area contributed by atoms with Gasteiger partial charge >= 0.3 is 0 Å². The highest BCUT2D eigenvalue weighted by atomic mass is 35.5. The number of nitrogens with zero attached hydrogens (tertiary/aromatic N) is 4. The molecule has 2 aromatic heterocycles. The van der Waals surface area contributed by atoms with Gasteiger partial charge in [-0.2, -0.15) is 5.26 Å². The topological polar surface area (TPSA) is 90.4 Å². The van der Waals surface area contributed by atoms with Crippen molar-refractivity contribution in [2.45, 2.75) is 38.1 Å². The summed E-state index contributed by atoms with van der Waals surface area (Å²) < 4.78 is 5.37. The van der Waals surface area contributed by atoms with Gasteiger partial charge in [-0.25, -0.2) is 4.98 Å². The van der Waals surface area contributed by atoms with Gasteiger partial charge in [-0.15, -0.1) is 11.3 Å². The standard InChI is InChI=1S/C25H25ClN4O3S/c26-21-7-2-1-5-19(21)15-23(31)29-12-8-18(9-13-29)24-28-22(17-34-24)25(32)30(11-4-10-27)16-20-6-3-14-33-20/h1-3,5-7,14,17-18H,4,8-9,11-13,15-16H2. The van der Waals surface area contributed by atoms with Crippen LogP contribution in [0, 0.1) is 11.3 Å². The Morgan fingerprint density at radius 1 is 1.24 bits per heavy atom. The first-order valence-electron chi connectivity index (χ1n) is 11.2. The number of carbonyl (C=O) groups excluding carboxylic acids is 2. The molecule has 1 aromatic carbocycles. The molecule has 2 amide bonds. The highest BCUT2D eigenvalue weighted by molar-refractivity contribution is 7.09. The molecule has 3 aromatic rings. The van der Waals surface area contributed by atoms with E-state index < -0.39 is 0 Å². The van der Waals surface area contributed by atoms with Gasteiger partial charge in [0.2, 0.25) is 5.91 Å². The predicted molar refractivity (Wildman–Crippen MR) is 130 cm³/mol. The third-order valence-electron chi connectivity index (χ3n) is 5.95. The molecule has 7 nitrogen and oxygen atoms in total. The first-order chi connectivity index (χ1) is 16.5. The lowest BCUT2D eigenvalue weighted by molar-refractivity contribution is -0.131. The van der Waals surface area contributed by atoms with Crippen LogP contribution in [0.1, 0.15) is 52.0 Å². The summed E-state index contributed by atoms with van der Waals surface area (Å²) in [5.74, 6) is 0.748. The maximum Gasteiger partial charge on any atom is 0.273 e. The first-order valence-corrected chi connectivity index (χ1v) is 12.5. The van der Waals surface area contributed by atoms with Gasteiger partial charge in [-0.05, 0) is 36.6 Å². The van der Waals surface area contributed by atoms with E-state index in [1.54, 1.807) is 34.7 Å². The van der Waals surface area contributed by atoms with Crippen LogP contribution in [-0.4, -0.2) is 46.2 Å². The van der Waals surface area contributed by atoms with Crippen molar-refractivity contribution < 1.29 is 14.0 Å². The van der Waals surface area contributed by atoms with E-state index in [-0.39, 0.29) is 24.2 Å². The Kier molecular flexibility index (Phi) is 7.99. The molecular weight excluding hydrogens is 472 g/mol. The average Bonchev–Trinajstić information content (AvgIpc) is 3.55. The van der Waals surface area contributed by atoms with Crippen LogP contribution in [0.25, 0.3) is 0 Å². The van der Waals surface area contributed by atoms with Gasteiger partial charge in [0.05, 0.1) is 36.7 Å². The van der Waals surface area contributed by atoms with Crippen molar-refractivity contribution in [2.75, 3.05) is 19.6 Å². The molecule has 0 spiro atoms. The smallest absolute Gasteiger partial charge is 0.273 e. The molecule has 1 aliphatic heterocycles. The van der Waals surface area contributed by atoms with Crippen molar-refractivity contribution in [1.82, 2.24) is 14.8 Å². The molecule has 1 aliphatic rings. The number of halogens is 1. The number of rotatable bonds is 8. The van der Waals surface area contributed by atoms with E-state index in [0.29, 0.717) is 49.1 Å². The minimum atomic E-state index is -0.207. The summed E-state index contributed by atoms with van der Waals surface area (Å²) in [5.41, 5.74) is 1.23. The monoisotopic (exact) mass is 496 g/mol. The van der Waals surface area contributed by atoms with Crippen LogP contribution in [0.5, 0.6) is 0 Å². The Balaban J connectivity index is 1.35. The summed E-state index contributed by atoms with van der Waals surface area (Å²) in [6, 6.07) is 13.1. The Morgan fingerprint density at radius 3 is 2.74 bits per heavy atom. The molecule has 0 unspecified atom stereocenters. The molecule has 176 valence electrons. The van der Waals surface area contributed by atoms with Crippen LogP contribution >= 0.6 is 22.9 Å². The van der Waals surface area contributed by atoms with E-state index in [2.05, 4.69) is 11.1 Å². The fourth-order valence-corrected chi connectivity index (χ4v) is 5.22. The number of nitriles is 1. The number of carbonyl (C=O) groups is 2. The predicted octanol–water partition coefficient (Wildman–Crippen LogP) is 4.89. The minimum Gasteiger partial charge on any atom is -0.467 e. The zero-order valence-corrected chi connectivity index (χ0v) is 20.2. The normalized spacial score (nSPS) is 14.1. The lowest BCUT2D eigenvalue weighted by atomic mass is 9.97. The van der Waals surface area contributed by atoms with E-state index >= 15 is 0 Å². The minimum absolute atomic E-state index is 0.0765. The number of likely N-dealkylation sites (tertiary alicyclic amines) is 1. The molecule has 9 heteroatoms. The summed E-state index contributed by atoms with van der Waals surface area (Å²) in [4.78, 5) is 33.9. The molecule has 1 fully saturated rings. The SMILES string of the molecule is N#CCCN(Cc1ccco1)C(=O)c1csc(C2CCN(C(=O)Cc3ccccc3Cl)CC2)n1. The number of piperidine rings is 1. The second-order valence-corrected chi connectivity index (χ2v) is 9.51. The van der Waals surface area contributed by atoms with Crippen LogP contribution in [0.3, 0.4) is 0 Å². The lowest BCUT2D eigenvalue weighted by Crippen LogP contribution is -2.38. The van der Waals surface area contributed by atoms with Crippen molar-refractivity contribution in [3.8, 4) is 6.07 Å². The largest absolute Gasteiger partial charge is 0.467 e. The summed E-state index contributed by atoms with van der Waals surface area (Å²) in [5, 5.41) is 12.3. The van der Waals surface area contributed by atoms with Gasteiger partial charge in [0.15, 0.2) is 0 Å². The second kappa shape index (κ2) is 11.3. The van der Waals surface area contributed by atoms with Crippen molar-refractivity contribution in [2.24, 2.45) is 0 Å². The van der Waals surface area contributed by atoms with Crippen LogP contribution < -0.4 is 0 Å². The maximum atomic E-state index is 13.1. The lowest BCUT2D eigenvalue weighted by Gasteiger charge is -2.31. The van der Waals surface area contributed by atoms with Crippen LogP contribution in [0.4, 0.5) is 0 Å². The third kappa shape index (κ3) is 5.85. The summed E-state index contributed by atoms with van der Waals surface area (Å²) in [6.45, 7) is 1.92. The number of furan rings is 1. The number of amides is 2. The molecule has 1 saturated heterocycles. The Labute approximate surface area is 207 Å². The van der Waals surface area contributed by atoms with Gasteiger partial charge in [0, 0.05) is 36.0 Å². The van der Waals surface area contributed by atoms with Crippen molar-refractivity contribution in [3.63, 3.8) is 0 Å². The number of aromatic nitrogens is 1. The fraction of sp³-hybridized carbons (Fsp3) is 0.360. The van der Waals surface area contributed by atoms with Crippen molar-refractivity contribution >= 4 is 34.8 Å². The molecule has 0 bridgehead atoms. The average molecular weight is 497 g/mol. The van der Waals surface area contributed by atoms with Crippen LogP contribution in [0.2, 0.25) is 5.02 Å². The Hall–Kier alpha value is -3.15. The fourth-order valence-electron chi connectivity index (χ4n) is 4.06. The number of hydrogen-bond acceptors (Lipinski definition) is 6.